The topological polar surface area (TPSA) is 58.6 Å². The Kier molecular flexibility index (Phi) is 4.60. The fourth-order valence-electron chi connectivity index (χ4n) is 1.90. The standard InChI is InChI=1S/C12H18N4O2S/c1-15(2)11(17)9-8-16(6-7-18-9)10-4-5-13-12(14-10)19-3/h4-5,9H,6-8H2,1-3H3. The fourth-order valence-corrected chi connectivity index (χ4v) is 2.25. The van der Waals surface area contributed by atoms with E-state index in [1.807, 2.05) is 12.3 Å². The first-order chi connectivity index (χ1) is 9.11. The lowest BCUT2D eigenvalue weighted by Gasteiger charge is -2.34. The summed E-state index contributed by atoms with van der Waals surface area (Å²) in [6, 6.07) is 1.86. The molecule has 0 aliphatic carbocycles. The van der Waals surface area contributed by atoms with E-state index in [4.69, 9.17) is 4.74 Å². The second-order valence-corrected chi connectivity index (χ2v) is 5.21. The van der Waals surface area contributed by atoms with Crippen LogP contribution in [0.5, 0.6) is 0 Å². The van der Waals surface area contributed by atoms with E-state index in [0.29, 0.717) is 13.2 Å². The van der Waals surface area contributed by atoms with Gasteiger partial charge in [0, 0.05) is 26.8 Å². The largest absolute Gasteiger partial charge is 0.365 e. The molecule has 1 aliphatic heterocycles. The minimum Gasteiger partial charge on any atom is -0.365 e. The Bertz CT molecular complexity index is 455. The number of ether oxygens (including phenoxy) is 1. The van der Waals surface area contributed by atoms with Crippen LogP contribution in [0, 0.1) is 0 Å². The molecule has 2 heterocycles. The Hall–Kier alpha value is -1.34. The van der Waals surface area contributed by atoms with E-state index < -0.39 is 6.10 Å². The van der Waals surface area contributed by atoms with Gasteiger partial charge in [-0.1, -0.05) is 11.8 Å². The lowest BCUT2D eigenvalue weighted by Crippen LogP contribution is -2.49. The summed E-state index contributed by atoms with van der Waals surface area (Å²) in [6.45, 7) is 1.80. The summed E-state index contributed by atoms with van der Waals surface area (Å²) in [5, 5.41) is 0.736. The van der Waals surface area contributed by atoms with Gasteiger partial charge >= 0.3 is 0 Å². The number of carbonyl (C=O) groups is 1. The van der Waals surface area contributed by atoms with Gasteiger partial charge in [-0.25, -0.2) is 9.97 Å². The van der Waals surface area contributed by atoms with Crippen molar-refractivity contribution in [3.8, 4) is 0 Å². The smallest absolute Gasteiger partial charge is 0.253 e. The van der Waals surface area contributed by atoms with E-state index in [-0.39, 0.29) is 5.91 Å². The highest BCUT2D eigenvalue weighted by Crippen LogP contribution is 2.18. The van der Waals surface area contributed by atoms with Crippen molar-refractivity contribution in [3.05, 3.63) is 12.3 Å². The van der Waals surface area contributed by atoms with Gasteiger partial charge in [-0.05, 0) is 12.3 Å². The predicted molar refractivity (Wildman–Crippen MR) is 74.5 cm³/mol. The number of nitrogens with zero attached hydrogens (tertiary/aromatic N) is 4. The molecule has 1 saturated heterocycles. The molecule has 0 radical (unpaired) electrons. The van der Waals surface area contributed by atoms with E-state index in [9.17, 15) is 4.79 Å². The molecule has 2 rings (SSSR count). The van der Waals surface area contributed by atoms with Crippen molar-refractivity contribution in [1.29, 1.82) is 0 Å². The Morgan fingerprint density at radius 1 is 1.58 bits per heavy atom. The first-order valence-corrected chi connectivity index (χ1v) is 7.29. The molecule has 7 heteroatoms. The van der Waals surface area contributed by atoms with E-state index in [0.717, 1.165) is 17.5 Å². The monoisotopic (exact) mass is 282 g/mol. The van der Waals surface area contributed by atoms with Crippen molar-refractivity contribution in [3.63, 3.8) is 0 Å². The molecule has 0 N–H and O–H groups in total. The van der Waals surface area contributed by atoms with Gasteiger partial charge in [-0.3, -0.25) is 4.79 Å². The summed E-state index contributed by atoms with van der Waals surface area (Å²) in [5.41, 5.74) is 0. The van der Waals surface area contributed by atoms with Crippen LogP contribution < -0.4 is 4.90 Å². The van der Waals surface area contributed by atoms with Crippen LogP contribution in [0.3, 0.4) is 0 Å². The summed E-state index contributed by atoms with van der Waals surface area (Å²) in [7, 11) is 3.47. The highest BCUT2D eigenvalue weighted by atomic mass is 32.2. The van der Waals surface area contributed by atoms with Gasteiger partial charge in [-0.2, -0.15) is 0 Å². The van der Waals surface area contributed by atoms with Gasteiger partial charge in [0.15, 0.2) is 11.3 Å². The maximum Gasteiger partial charge on any atom is 0.253 e. The summed E-state index contributed by atoms with van der Waals surface area (Å²) in [5.74, 6) is 0.836. The molecule has 0 spiro atoms. The quantitative estimate of drug-likeness (QED) is 0.594. The molecule has 1 aromatic rings. The molecule has 1 atom stereocenters. The lowest BCUT2D eigenvalue weighted by molar-refractivity contribution is -0.141. The molecular weight excluding hydrogens is 264 g/mol. The zero-order valence-electron chi connectivity index (χ0n) is 11.4. The number of amides is 1. The number of thioether (sulfide) groups is 1. The van der Waals surface area contributed by atoms with E-state index in [2.05, 4.69) is 14.9 Å². The van der Waals surface area contributed by atoms with Crippen molar-refractivity contribution in [2.45, 2.75) is 11.3 Å². The Morgan fingerprint density at radius 3 is 3.05 bits per heavy atom. The van der Waals surface area contributed by atoms with Gasteiger partial charge in [0.1, 0.15) is 5.82 Å². The van der Waals surface area contributed by atoms with Gasteiger partial charge in [0.2, 0.25) is 0 Å². The first kappa shape index (κ1) is 14.1. The summed E-state index contributed by atoms with van der Waals surface area (Å²) in [6.07, 6.45) is 3.26. The molecule has 1 fully saturated rings. The normalized spacial score (nSPS) is 19.3. The maximum atomic E-state index is 11.9. The van der Waals surface area contributed by atoms with Gasteiger partial charge in [0.05, 0.1) is 13.2 Å². The Labute approximate surface area is 117 Å². The number of rotatable bonds is 3. The average Bonchev–Trinajstić information content (AvgIpc) is 2.46. The Morgan fingerprint density at radius 2 is 2.37 bits per heavy atom. The SMILES string of the molecule is CSc1nccc(N2CCOC(C(=O)N(C)C)C2)n1. The van der Waals surface area contributed by atoms with E-state index in [1.54, 1.807) is 25.2 Å². The summed E-state index contributed by atoms with van der Waals surface area (Å²) >= 11 is 1.50. The van der Waals surface area contributed by atoms with Crippen molar-refractivity contribution >= 4 is 23.5 Å². The molecule has 1 aliphatic rings. The molecular formula is C12H18N4O2S. The van der Waals surface area contributed by atoms with Crippen molar-refractivity contribution in [1.82, 2.24) is 14.9 Å². The number of anilines is 1. The number of hydrogen-bond donors (Lipinski definition) is 0. The fraction of sp³-hybridized carbons (Fsp3) is 0.583. The lowest BCUT2D eigenvalue weighted by atomic mass is 10.2. The van der Waals surface area contributed by atoms with Crippen LogP contribution in [0.1, 0.15) is 0 Å². The molecule has 19 heavy (non-hydrogen) atoms. The van der Waals surface area contributed by atoms with Crippen LogP contribution in [0.25, 0.3) is 0 Å². The van der Waals surface area contributed by atoms with Crippen LogP contribution in [-0.2, 0) is 9.53 Å². The molecule has 0 aromatic carbocycles. The Balaban J connectivity index is 2.10. The number of likely N-dealkylation sites (N-methyl/N-ethyl adjacent to an activating group) is 1. The predicted octanol–water partition coefficient (Wildman–Crippen LogP) is 0.492. The highest BCUT2D eigenvalue weighted by molar-refractivity contribution is 7.98. The second-order valence-electron chi connectivity index (χ2n) is 4.44. The summed E-state index contributed by atoms with van der Waals surface area (Å²) in [4.78, 5) is 24.2. The first-order valence-electron chi connectivity index (χ1n) is 6.06. The maximum absolute atomic E-state index is 11.9. The van der Waals surface area contributed by atoms with E-state index in [1.165, 1.54) is 11.8 Å². The van der Waals surface area contributed by atoms with Gasteiger partial charge in [0.25, 0.3) is 5.91 Å². The molecule has 6 nitrogen and oxygen atoms in total. The number of aromatic nitrogens is 2. The third-order valence-electron chi connectivity index (χ3n) is 2.91. The van der Waals surface area contributed by atoms with Crippen LogP contribution in [0.15, 0.2) is 17.4 Å². The third-order valence-corrected chi connectivity index (χ3v) is 3.47. The van der Waals surface area contributed by atoms with Crippen LogP contribution in [-0.4, -0.2) is 66.9 Å². The molecule has 1 amide bonds. The number of carbonyl (C=O) groups excluding carboxylic acids is 1. The zero-order chi connectivity index (χ0) is 13.8. The van der Waals surface area contributed by atoms with Crippen LogP contribution in [0.2, 0.25) is 0 Å². The number of hydrogen-bond acceptors (Lipinski definition) is 6. The second kappa shape index (κ2) is 6.21. The molecule has 0 bridgehead atoms. The molecule has 104 valence electrons. The third kappa shape index (κ3) is 3.36. The minimum atomic E-state index is -0.420. The zero-order valence-corrected chi connectivity index (χ0v) is 12.2. The van der Waals surface area contributed by atoms with Gasteiger partial charge < -0.3 is 14.5 Å². The van der Waals surface area contributed by atoms with Crippen molar-refractivity contribution in [2.75, 3.05) is 44.9 Å². The average molecular weight is 282 g/mol. The molecule has 1 unspecified atom stereocenters. The van der Waals surface area contributed by atoms with Crippen LogP contribution >= 0.6 is 11.8 Å². The van der Waals surface area contributed by atoms with Crippen molar-refractivity contribution < 1.29 is 9.53 Å². The van der Waals surface area contributed by atoms with Crippen molar-refractivity contribution in [2.24, 2.45) is 0 Å². The number of morpholine rings is 1. The highest BCUT2D eigenvalue weighted by Gasteiger charge is 2.28. The summed E-state index contributed by atoms with van der Waals surface area (Å²) < 4.78 is 5.53. The molecule has 1 aromatic heterocycles. The molecule has 0 saturated carbocycles. The van der Waals surface area contributed by atoms with Gasteiger partial charge in [-0.15, -0.1) is 0 Å². The van der Waals surface area contributed by atoms with E-state index >= 15 is 0 Å². The minimum absolute atomic E-state index is 0.0103. The van der Waals surface area contributed by atoms with Crippen LogP contribution in [0.4, 0.5) is 5.82 Å².